The minimum absolute atomic E-state index is 0.584. The quantitative estimate of drug-likeness (QED) is 0.750. The summed E-state index contributed by atoms with van der Waals surface area (Å²) in [4.78, 5) is 1.59. The van der Waals surface area contributed by atoms with Crippen molar-refractivity contribution in [2.45, 2.75) is 6.54 Å². The molecule has 144 valence electrons. The number of nitrogens with zero attached hydrogens (tertiary/aromatic N) is 2. The van der Waals surface area contributed by atoms with E-state index in [9.17, 15) is 0 Å². The molecule has 1 saturated heterocycles. The molecule has 2 aromatic rings. The van der Waals surface area contributed by atoms with Gasteiger partial charge in [-0.2, -0.15) is 5.10 Å². The molecule has 1 aliphatic rings. The van der Waals surface area contributed by atoms with Crippen LogP contribution < -0.4 is 19.1 Å². The summed E-state index contributed by atoms with van der Waals surface area (Å²) in [7, 11) is 4.85. The highest BCUT2D eigenvalue weighted by Crippen LogP contribution is 2.39. The molecule has 0 amide bonds. The fourth-order valence-corrected chi connectivity index (χ4v) is 3.36. The third kappa shape index (κ3) is 4.71. The zero-order chi connectivity index (χ0) is 19.1. The Kier molecular flexibility index (Phi) is 6.54. The summed E-state index contributed by atoms with van der Waals surface area (Å²) in [6.07, 6.45) is 1.84. The lowest BCUT2D eigenvalue weighted by atomic mass is 10.2. The standard InChI is InChI=1S/C21H27N3O3/c1-25-19-10-9-18(20(26-2)21(19)27-3)15-22-24-13-11-23(12-14-24)16-17-7-5-4-6-8-17/h4-10,15H,11-14,16H2,1-3H3/p+1. The minimum atomic E-state index is 0.584. The highest BCUT2D eigenvalue weighted by molar-refractivity contribution is 5.86. The van der Waals surface area contributed by atoms with Crippen LogP contribution in [0.1, 0.15) is 11.1 Å². The monoisotopic (exact) mass is 370 g/mol. The zero-order valence-electron chi connectivity index (χ0n) is 16.3. The first kappa shape index (κ1) is 19.0. The number of hydrazone groups is 1. The predicted octanol–water partition coefficient (Wildman–Crippen LogP) is 1.45. The number of nitrogens with one attached hydrogen (secondary N) is 1. The molecule has 0 saturated carbocycles. The lowest BCUT2D eigenvalue weighted by Gasteiger charge is -2.30. The molecule has 0 atom stereocenters. The molecular weight excluding hydrogens is 342 g/mol. The molecule has 6 heteroatoms. The third-order valence-corrected chi connectivity index (χ3v) is 4.84. The number of ether oxygens (including phenoxy) is 3. The van der Waals surface area contributed by atoms with E-state index in [1.165, 1.54) is 5.56 Å². The highest BCUT2D eigenvalue weighted by atomic mass is 16.5. The lowest BCUT2D eigenvalue weighted by Crippen LogP contribution is -3.13. The first-order valence-electron chi connectivity index (χ1n) is 9.20. The second-order valence-corrected chi connectivity index (χ2v) is 6.53. The molecule has 27 heavy (non-hydrogen) atoms. The van der Waals surface area contributed by atoms with Crippen molar-refractivity contribution in [1.29, 1.82) is 0 Å². The number of piperazine rings is 1. The normalized spacial score (nSPS) is 15.1. The molecule has 0 bridgehead atoms. The molecular formula is C21H28N3O3+. The Morgan fingerprint density at radius 1 is 0.926 bits per heavy atom. The predicted molar refractivity (Wildman–Crippen MR) is 106 cm³/mol. The minimum Gasteiger partial charge on any atom is -0.493 e. The largest absolute Gasteiger partial charge is 0.493 e. The smallest absolute Gasteiger partial charge is 0.203 e. The second-order valence-electron chi connectivity index (χ2n) is 6.53. The Bertz CT molecular complexity index is 757. The Labute approximate surface area is 160 Å². The highest BCUT2D eigenvalue weighted by Gasteiger charge is 2.19. The molecule has 6 nitrogen and oxygen atoms in total. The van der Waals surface area contributed by atoms with Gasteiger partial charge in [-0.1, -0.05) is 30.3 Å². The Morgan fingerprint density at radius 2 is 1.63 bits per heavy atom. The summed E-state index contributed by atoms with van der Waals surface area (Å²) in [5.74, 6) is 1.86. The van der Waals surface area contributed by atoms with Gasteiger partial charge in [0.25, 0.3) is 0 Å². The van der Waals surface area contributed by atoms with Gasteiger partial charge < -0.3 is 19.1 Å². The molecule has 0 aromatic heterocycles. The first-order valence-corrected chi connectivity index (χ1v) is 9.20. The average molecular weight is 370 g/mol. The average Bonchev–Trinajstić information content (AvgIpc) is 2.73. The molecule has 0 aliphatic carbocycles. The molecule has 1 fully saturated rings. The number of benzene rings is 2. The van der Waals surface area contributed by atoms with Crippen molar-refractivity contribution in [3.8, 4) is 17.2 Å². The number of rotatable bonds is 7. The van der Waals surface area contributed by atoms with Crippen molar-refractivity contribution in [3.05, 3.63) is 53.6 Å². The van der Waals surface area contributed by atoms with Crippen LogP contribution >= 0.6 is 0 Å². The molecule has 0 radical (unpaired) electrons. The molecule has 0 spiro atoms. The van der Waals surface area contributed by atoms with E-state index in [4.69, 9.17) is 14.2 Å². The number of quaternary nitrogens is 1. The van der Waals surface area contributed by atoms with Crippen LogP contribution in [0.4, 0.5) is 0 Å². The maximum Gasteiger partial charge on any atom is 0.203 e. The zero-order valence-corrected chi connectivity index (χ0v) is 16.3. The fraction of sp³-hybridized carbons (Fsp3) is 0.381. The van der Waals surface area contributed by atoms with Gasteiger partial charge in [0.2, 0.25) is 5.75 Å². The van der Waals surface area contributed by atoms with E-state index in [1.54, 1.807) is 26.2 Å². The molecule has 1 aliphatic heterocycles. The van der Waals surface area contributed by atoms with E-state index >= 15 is 0 Å². The van der Waals surface area contributed by atoms with Crippen LogP contribution in [-0.4, -0.2) is 58.7 Å². The van der Waals surface area contributed by atoms with Crippen molar-refractivity contribution in [3.63, 3.8) is 0 Å². The Hall–Kier alpha value is -2.73. The third-order valence-electron chi connectivity index (χ3n) is 4.84. The van der Waals surface area contributed by atoms with Gasteiger partial charge in [-0.25, -0.2) is 0 Å². The van der Waals surface area contributed by atoms with Gasteiger partial charge in [0, 0.05) is 11.1 Å². The van der Waals surface area contributed by atoms with E-state index in [0.29, 0.717) is 17.2 Å². The van der Waals surface area contributed by atoms with E-state index in [-0.39, 0.29) is 0 Å². The van der Waals surface area contributed by atoms with E-state index in [2.05, 4.69) is 40.4 Å². The van der Waals surface area contributed by atoms with Crippen LogP contribution in [0.25, 0.3) is 0 Å². The van der Waals surface area contributed by atoms with Gasteiger partial charge in [-0.15, -0.1) is 0 Å². The van der Waals surface area contributed by atoms with Crippen molar-refractivity contribution < 1.29 is 19.1 Å². The fourth-order valence-electron chi connectivity index (χ4n) is 3.36. The SMILES string of the molecule is COc1ccc(C=NN2CC[NH+](Cc3ccccc3)CC2)c(OC)c1OC. The van der Waals surface area contributed by atoms with E-state index in [1.807, 2.05) is 18.3 Å². The maximum atomic E-state index is 5.51. The van der Waals surface area contributed by atoms with Gasteiger partial charge >= 0.3 is 0 Å². The Balaban J connectivity index is 1.61. The van der Waals surface area contributed by atoms with Crippen LogP contribution in [0.5, 0.6) is 17.2 Å². The molecule has 3 rings (SSSR count). The van der Waals surface area contributed by atoms with E-state index in [0.717, 1.165) is 38.3 Å². The van der Waals surface area contributed by atoms with Gasteiger partial charge in [0.15, 0.2) is 11.5 Å². The Morgan fingerprint density at radius 3 is 2.26 bits per heavy atom. The summed E-state index contributed by atoms with van der Waals surface area (Å²) in [6, 6.07) is 14.5. The van der Waals surface area contributed by atoms with Crippen LogP contribution in [0.15, 0.2) is 47.6 Å². The van der Waals surface area contributed by atoms with Crippen LogP contribution in [0.2, 0.25) is 0 Å². The van der Waals surface area contributed by atoms with Crippen LogP contribution in [-0.2, 0) is 6.54 Å². The summed E-state index contributed by atoms with van der Waals surface area (Å²) in [6.45, 7) is 5.11. The summed E-state index contributed by atoms with van der Waals surface area (Å²) >= 11 is 0. The summed E-state index contributed by atoms with van der Waals surface area (Å²) in [5.41, 5.74) is 2.26. The van der Waals surface area contributed by atoms with Gasteiger partial charge in [0.05, 0.1) is 53.7 Å². The molecule has 2 aromatic carbocycles. The lowest BCUT2D eigenvalue weighted by molar-refractivity contribution is -0.918. The van der Waals surface area contributed by atoms with Gasteiger partial charge in [-0.3, -0.25) is 5.01 Å². The van der Waals surface area contributed by atoms with Crippen molar-refractivity contribution >= 4 is 6.21 Å². The van der Waals surface area contributed by atoms with Crippen LogP contribution in [0, 0.1) is 0 Å². The summed E-state index contributed by atoms with van der Waals surface area (Å²) < 4.78 is 16.3. The molecule has 1 N–H and O–H groups in total. The van der Waals surface area contributed by atoms with Crippen molar-refractivity contribution in [1.82, 2.24) is 5.01 Å². The van der Waals surface area contributed by atoms with Crippen LogP contribution in [0.3, 0.4) is 0 Å². The van der Waals surface area contributed by atoms with Crippen molar-refractivity contribution in [2.75, 3.05) is 47.5 Å². The van der Waals surface area contributed by atoms with E-state index < -0.39 is 0 Å². The second kappa shape index (κ2) is 9.28. The number of methoxy groups -OCH3 is 3. The van der Waals surface area contributed by atoms with Gasteiger partial charge in [0.1, 0.15) is 6.54 Å². The molecule has 0 unspecified atom stereocenters. The van der Waals surface area contributed by atoms with Crippen molar-refractivity contribution in [2.24, 2.45) is 5.10 Å². The summed E-state index contributed by atoms with van der Waals surface area (Å²) in [5, 5.41) is 6.77. The van der Waals surface area contributed by atoms with Gasteiger partial charge in [-0.05, 0) is 12.1 Å². The molecule has 1 heterocycles. The maximum absolute atomic E-state index is 5.51. The number of hydrogen-bond donors (Lipinski definition) is 1. The number of hydrogen-bond acceptors (Lipinski definition) is 5. The first-order chi connectivity index (χ1) is 13.2. The topological polar surface area (TPSA) is 47.7 Å².